The molecule has 0 saturated heterocycles. The molecule has 1 heteroatoms. The van der Waals surface area contributed by atoms with Gasteiger partial charge in [0.15, 0.2) is 0 Å². The summed E-state index contributed by atoms with van der Waals surface area (Å²) in [6.45, 7) is 4.49. The molecule has 2 unspecified atom stereocenters. The summed E-state index contributed by atoms with van der Waals surface area (Å²) in [4.78, 5) is 0. The fraction of sp³-hybridized carbons (Fsp3) is 0.647. The highest BCUT2D eigenvalue weighted by Gasteiger charge is 2.40. The fourth-order valence-corrected chi connectivity index (χ4v) is 3.39. The molecule has 2 saturated carbocycles. The van der Waals surface area contributed by atoms with Gasteiger partial charge in [-0.3, -0.25) is 0 Å². The molecule has 1 aromatic rings. The molecule has 0 amide bonds. The first kappa shape index (κ1) is 12.2. The number of hydrogen-bond donors (Lipinski definition) is 1. The van der Waals surface area contributed by atoms with Gasteiger partial charge in [0.05, 0.1) is 0 Å². The van der Waals surface area contributed by atoms with Gasteiger partial charge in [-0.05, 0) is 50.0 Å². The molecule has 98 valence electrons. The molecule has 0 aromatic heterocycles. The van der Waals surface area contributed by atoms with Crippen molar-refractivity contribution in [1.29, 1.82) is 0 Å². The minimum Gasteiger partial charge on any atom is -0.311 e. The summed E-state index contributed by atoms with van der Waals surface area (Å²) in [7, 11) is 0. The van der Waals surface area contributed by atoms with Crippen molar-refractivity contribution in [3.63, 3.8) is 0 Å². The van der Waals surface area contributed by atoms with E-state index in [2.05, 4.69) is 43.4 Å². The molecule has 2 fully saturated rings. The second kappa shape index (κ2) is 5.05. The Morgan fingerprint density at radius 1 is 1.22 bits per heavy atom. The number of rotatable bonds is 5. The zero-order chi connectivity index (χ0) is 12.5. The van der Waals surface area contributed by atoms with E-state index < -0.39 is 0 Å². The third kappa shape index (κ3) is 2.61. The van der Waals surface area contributed by atoms with Crippen LogP contribution in [0.5, 0.6) is 0 Å². The molecule has 0 spiro atoms. The van der Waals surface area contributed by atoms with Crippen LogP contribution in [0.15, 0.2) is 24.3 Å². The van der Waals surface area contributed by atoms with Crippen LogP contribution in [0.4, 0.5) is 0 Å². The van der Waals surface area contributed by atoms with Crippen LogP contribution in [0, 0.1) is 12.8 Å². The highest BCUT2D eigenvalue weighted by molar-refractivity contribution is 5.27. The largest absolute Gasteiger partial charge is 0.311 e. The zero-order valence-electron chi connectivity index (χ0n) is 11.7. The molecule has 0 aliphatic heterocycles. The summed E-state index contributed by atoms with van der Waals surface area (Å²) in [6, 6.07) is 10.7. The molecule has 1 N–H and O–H groups in total. The molecule has 2 aliphatic carbocycles. The van der Waals surface area contributed by atoms with Gasteiger partial charge in [0.2, 0.25) is 0 Å². The lowest BCUT2D eigenvalue weighted by atomic mass is 9.75. The third-order valence-electron chi connectivity index (χ3n) is 4.68. The average Bonchev–Trinajstić information content (AvgIpc) is 3.02. The van der Waals surface area contributed by atoms with Gasteiger partial charge in [0, 0.05) is 12.1 Å². The van der Waals surface area contributed by atoms with E-state index in [0.717, 1.165) is 23.9 Å². The maximum atomic E-state index is 3.84. The van der Waals surface area contributed by atoms with Crippen molar-refractivity contribution >= 4 is 0 Å². The topological polar surface area (TPSA) is 12.0 Å². The van der Waals surface area contributed by atoms with Crippen LogP contribution in [0.2, 0.25) is 0 Å². The Morgan fingerprint density at radius 3 is 2.78 bits per heavy atom. The SMILES string of the molecule is CCCC1CC1NC1CC(c2cccc(C)c2)C1. The van der Waals surface area contributed by atoms with Crippen LogP contribution in [0.3, 0.4) is 0 Å². The standard InChI is InChI=1S/C17H25N/c1-3-5-14-11-17(14)18-16-9-15(10-16)13-7-4-6-12(2)8-13/h4,6-8,14-18H,3,5,9-11H2,1-2H3. The summed E-state index contributed by atoms with van der Waals surface area (Å²) in [5.74, 6) is 1.80. The molecule has 3 rings (SSSR count). The van der Waals surface area contributed by atoms with Crippen molar-refractivity contribution < 1.29 is 0 Å². The molecule has 1 nitrogen and oxygen atoms in total. The van der Waals surface area contributed by atoms with E-state index in [0.29, 0.717) is 0 Å². The van der Waals surface area contributed by atoms with Crippen molar-refractivity contribution in [2.45, 2.75) is 64.0 Å². The minimum atomic E-state index is 0.794. The Bertz CT molecular complexity index is 406. The number of hydrogen-bond acceptors (Lipinski definition) is 1. The van der Waals surface area contributed by atoms with E-state index in [1.165, 1.54) is 37.7 Å². The van der Waals surface area contributed by atoms with Crippen LogP contribution in [-0.2, 0) is 0 Å². The minimum absolute atomic E-state index is 0.794. The predicted octanol–water partition coefficient (Wildman–Crippen LogP) is 4.02. The number of aryl methyl sites for hydroxylation is 1. The van der Waals surface area contributed by atoms with Gasteiger partial charge in [-0.25, -0.2) is 0 Å². The van der Waals surface area contributed by atoms with Gasteiger partial charge < -0.3 is 5.32 Å². The van der Waals surface area contributed by atoms with Gasteiger partial charge >= 0.3 is 0 Å². The lowest BCUT2D eigenvalue weighted by molar-refractivity contribution is 0.284. The summed E-state index contributed by atoms with van der Waals surface area (Å²) < 4.78 is 0. The summed E-state index contributed by atoms with van der Waals surface area (Å²) in [5.41, 5.74) is 2.95. The van der Waals surface area contributed by atoms with E-state index in [1.807, 2.05) is 0 Å². The monoisotopic (exact) mass is 243 g/mol. The molecular weight excluding hydrogens is 218 g/mol. The van der Waals surface area contributed by atoms with Crippen LogP contribution < -0.4 is 5.32 Å². The van der Waals surface area contributed by atoms with Gasteiger partial charge in [0.25, 0.3) is 0 Å². The highest BCUT2D eigenvalue weighted by atomic mass is 15.0. The Hall–Kier alpha value is -0.820. The predicted molar refractivity (Wildman–Crippen MR) is 76.9 cm³/mol. The fourth-order valence-electron chi connectivity index (χ4n) is 3.39. The number of benzene rings is 1. The Kier molecular flexibility index (Phi) is 3.43. The first-order valence-corrected chi connectivity index (χ1v) is 7.59. The van der Waals surface area contributed by atoms with Crippen LogP contribution in [-0.4, -0.2) is 12.1 Å². The first-order valence-electron chi connectivity index (χ1n) is 7.59. The van der Waals surface area contributed by atoms with E-state index >= 15 is 0 Å². The summed E-state index contributed by atoms with van der Waals surface area (Å²) in [5, 5.41) is 3.84. The van der Waals surface area contributed by atoms with Crippen molar-refractivity contribution in [2.75, 3.05) is 0 Å². The molecule has 1 aromatic carbocycles. The first-order chi connectivity index (χ1) is 8.76. The molecule has 0 radical (unpaired) electrons. The van der Waals surface area contributed by atoms with Gasteiger partial charge in [-0.1, -0.05) is 43.2 Å². The van der Waals surface area contributed by atoms with Crippen LogP contribution >= 0.6 is 0 Å². The van der Waals surface area contributed by atoms with Crippen LogP contribution in [0.1, 0.15) is 56.1 Å². The lowest BCUT2D eigenvalue weighted by Crippen LogP contribution is -2.41. The smallest absolute Gasteiger partial charge is 0.0102 e. The second-order valence-corrected chi connectivity index (χ2v) is 6.34. The quantitative estimate of drug-likeness (QED) is 0.823. The molecule has 0 heterocycles. The second-order valence-electron chi connectivity index (χ2n) is 6.34. The third-order valence-corrected chi connectivity index (χ3v) is 4.68. The van der Waals surface area contributed by atoms with E-state index in [-0.39, 0.29) is 0 Å². The maximum absolute atomic E-state index is 3.84. The molecule has 0 bridgehead atoms. The lowest BCUT2D eigenvalue weighted by Gasteiger charge is -2.37. The normalized spacial score (nSPS) is 34.1. The molecule has 2 aliphatic rings. The average molecular weight is 243 g/mol. The summed E-state index contributed by atoms with van der Waals surface area (Å²) >= 11 is 0. The number of nitrogens with one attached hydrogen (secondary N) is 1. The van der Waals surface area contributed by atoms with Gasteiger partial charge in [0.1, 0.15) is 0 Å². The zero-order valence-corrected chi connectivity index (χ0v) is 11.7. The Balaban J connectivity index is 1.44. The van der Waals surface area contributed by atoms with Crippen molar-refractivity contribution in [3.05, 3.63) is 35.4 Å². The van der Waals surface area contributed by atoms with Crippen LogP contribution in [0.25, 0.3) is 0 Å². The summed E-state index contributed by atoms with van der Waals surface area (Å²) in [6.07, 6.45) is 6.89. The van der Waals surface area contributed by atoms with E-state index in [4.69, 9.17) is 0 Å². The maximum Gasteiger partial charge on any atom is 0.0102 e. The molecule has 2 atom stereocenters. The van der Waals surface area contributed by atoms with Gasteiger partial charge in [-0.2, -0.15) is 0 Å². The van der Waals surface area contributed by atoms with Crippen molar-refractivity contribution in [3.8, 4) is 0 Å². The van der Waals surface area contributed by atoms with Crippen molar-refractivity contribution in [2.24, 2.45) is 5.92 Å². The Labute approximate surface area is 111 Å². The van der Waals surface area contributed by atoms with E-state index in [9.17, 15) is 0 Å². The highest BCUT2D eigenvalue weighted by Crippen LogP contribution is 2.41. The van der Waals surface area contributed by atoms with Gasteiger partial charge in [-0.15, -0.1) is 0 Å². The molecular formula is C17H25N. The van der Waals surface area contributed by atoms with E-state index in [1.54, 1.807) is 5.56 Å². The molecule has 18 heavy (non-hydrogen) atoms. The van der Waals surface area contributed by atoms with Crippen molar-refractivity contribution in [1.82, 2.24) is 5.32 Å². The Morgan fingerprint density at radius 2 is 2.06 bits per heavy atom.